The molecule has 0 saturated carbocycles. The zero-order chi connectivity index (χ0) is 21.6. The van der Waals surface area contributed by atoms with Crippen molar-refractivity contribution in [3.63, 3.8) is 0 Å². The fraction of sp³-hybridized carbons (Fsp3) is 0.154. The normalized spacial score (nSPS) is 10.6. The van der Waals surface area contributed by atoms with Gasteiger partial charge in [-0.3, -0.25) is 0 Å². The fourth-order valence-electron chi connectivity index (χ4n) is 3.47. The standard InChI is InChI=1S/C26H25N3O2/c1-18-8-13-23(19(2)16-18)24-17-31-25(29-24)21-9-11-22(12-10-21)28-26(30)27-15-14-20-6-4-3-5-7-20/h3-13,16-17H,14-15H2,1-2H3,(H2,27,28,30). The van der Waals surface area contributed by atoms with Gasteiger partial charge in [-0.2, -0.15) is 0 Å². The van der Waals surface area contributed by atoms with E-state index in [-0.39, 0.29) is 6.03 Å². The molecule has 0 saturated heterocycles. The van der Waals surface area contributed by atoms with Gasteiger partial charge in [0.15, 0.2) is 0 Å². The fourth-order valence-corrected chi connectivity index (χ4v) is 3.47. The second kappa shape index (κ2) is 9.30. The minimum absolute atomic E-state index is 0.225. The molecule has 0 bridgehead atoms. The third-order valence-corrected chi connectivity index (χ3v) is 5.09. The number of rotatable bonds is 6. The molecule has 5 heteroatoms. The SMILES string of the molecule is Cc1ccc(-c2coc(-c3ccc(NC(=O)NCCc4ccccc4)cc3)n2)c(C)c1. The first-order chi connectivity index (χ1) is 15.1. The minimum Gasteiger partial charge on any atom is -0.444 e. The lowest BCUT2D eigenvalue weighted by Gasteiger charge is -2.08. The van der Waals surface area contributed by atoms with Gasteiger partial charge in [-0.15, -0.1) is 0 Å². The van der Waals surface area contributed by atoms with Crippen LogP contribution in [0.15, 0.2) is 83.5 Å². The first-order valence-electron chi connectivity index (χ1n) is 10.3. The third kappa shape index (κ3) is 5.20. The Hall–Kier alpha value is -3.86. The molecule has 5 nitrogen and oxygen atoms in total. The van der Waals surface area contributed by atoms with E-state index >= 15 is 0 Å². The predicted molar refractivity (Wildman–Crippen MR) is 124 cm³/mol. The summed E-state index contributed by atoms with van der Waals surface area (Å²) >= 11 is 0. The van der Waals surface area contributed by atoms with Crippen LogP contribution in [0, 0.1) is 13.8 Å². The van der Waals surface area contributed by atoms with E-state index in [4.69, 9.17) is 4.42 Å². The van der Waals surface area contributed by atoms with Gasteiger partial charge in [-0.05, 0) is 55.7 Å². The van der Waals surface area contributed by atoms with E-state index in [1.54, 1.807) is 6.26 Å². The van der Waals surface area contributed by atoms with Gasteiger partial charge in [0, 0.05) is 23.4 Å². The van der Waals surface area contributed by atoms with Gasteiger partial charge in [-0.1, -0.05) is 54.1 Å². The van der Waals surface area contributed by atoms with E-state index < -0.39 is 0 Å². The predicted octanol–water partition coefficient (Wildman–Crippen LogP) is 5.99. The number of oxazole rings is 1. The van der Waals surface area contributed by atoms with Crippen LogP contribution >= 0.6 is 0 Å². The number of aromatic nitrogens is 1. The highest BCUT2D eigenvalue weighted by molar-refractivity contribution is 5.89. The smallest absolute Gasteiger partial charge is 0.319 e. The molecule has 0 aliphatic rings. The largest absolute Gasteiger partial charge is 0.444 e. The molecule has 0 fully saturated rings. The number of benzene rings is 3. The van der Waals surface area contributed by atoms with Crippen molar-refractivity contribution >= 4 is 11.7 Å². The van der Waals surface area contributed by atoms with Crippen LogP contribution in [0.4, 0.5) is 10.5 Å². The van der Waals surface area contributed by atoms with Gasteiger partial charge in [0.2, 0.25) is 5.89 Å². The van der Waals surface area contributed by atoms with Crippen molar-refractivity contribution in [3.05, 3.63) is 95.7 Å². The van der Waals surface area contributed by atoms with Gasteiger partial charge in [0.25, 0.3) is 0 Å². The van der Waals surface area contributed by atoms with Crippen molar-refractivity contribution in [2.24, 2.45) is 0 Å². The van der Waals surface area contributed by atoms with Crippen LogP contribution in [-0.4, -0.2) is 17.6 Å². The minimum atomic E-state index is -0.225. The number of nitrogens with one attached hydrogen (secondary N) is 2. The Morgan fingerprint density at radius 2 is 1.74 bits per heavy atom. The highest BCUT2D eigenvalue weighted by Crippen LogP contribution is 2.28. The summed E-state index contributed by atoms with van der Waals surface area (Å²) in [6.45, 7) is 4.72. The summed E-state index contributed by atoms with van der Waals surface area (Å²) in [5.41, 5.74) is 7.01. The van der Waals surface area contributed by atoms with Gasteiger partial charge < -0.3 is 15.1 Å². The summed E-state index contributed by atoms with van der Waals surface area (Å²) in [4.78, 5) is 16.8. The van der Waals surface area contributed by atoms with Crippen LogP contribution in [-0.2, 0) is 6.42 Å². The topological polar surface area (TPSA) is 67.2 Å². The zero-order valence-electron chi connectivity index (χ0n) is 17.7. The summed E-state index contributed by atoms with van der Waals surface area (Å²) < 4.78 is 5.70. The van der Waals surface area contributed by atoms with Gasteiger partial charge in [-0.25, -0.2) is 9.78 Å². The quantitative estimate of drug-likeness (QED) is 0.409. The van der Waals surface area contributed by atoms with E-state index in [2.05, 4.69) is 47.7 Å². The van der Waals surface area contributed by atoms with Crippen LogP contribution in [0.3, 0.4) is 0 Å². The van der Waals surface area contributed by atoms with Crippen LogP contribution in [0.25, 0.3) is 22.7 Å². The summed E-state index contributed by atoms with van der Waals surface area (Å²) in [6, 6.07) is 23.6. The molecule has 0 unspecified atom stereocenters. The number of aryl methyl sites for hydroxylation is 2. The van der Waals surface area contributed by atoms with E-state index in [1.165, 1.54) is 11.1 Å². The van der Waals surface area contributed by atoms with Crippen molar-refractivity contribution < 1.29 is 9.21 Å². The van der Waals surface area contributed by atoms with Gasteiger partial charge in [0.1, 0.15) is 12.0 Å². The van der Waals surface area contributed by atoms with E-state index in [0.717, 1.165) is 28.8 Å². The molecule has 0 aliphatic heterocycles. The number of urea groups is 1. The highest BCUT2D eigenvalue weighted by Gasteiger charge is 2.11. The lowest BCUT2D eigenvalue weighted by molar-refractivity contribution is 0.252. The summed E-state index contributed by atoms with van der Waals surface area (Å²) in [7, 11) is 0. The number of anilines is 1. The molecule has 0 atom stereocenters. The van der Waals surface area contributed by atoms with E-state index in [1.807, 2.05) is 54.6 Å². The Labute approximate surface area is 182 Å². The first-order valence-corrected chi connectivity index (χ1v) is 10.3. The molecule has 0 radical (unpaired) electrons. The Morgan fingerprint density at radius 3 is 2.48 bits per heavy atom. The molecule has 0 aliphatic carbocycles. The molecule has 1 aromatic heterocycles. The van der Waals surface area contributed by atoms with Gasteiger partial charge >= 0.3 is 6.03 Å². The highest BCUT2D eigenvalue weighted by atomic mass is 16.3. The maximum absolute atomic E-state index is 12.1. The molecule has 31 heavy (non-hydrogen) atoms. The molecule has 2 amide bonds. The molecule has 156 valence electrons. The lowest BCUT2D eigenvalue weighted by atomic mass is 10.0. The zero-order valence-corrected chi connectivity index (χ0v) is 17.7. The second-order valence-corrected chi connectivity index (χ2v) is 7.55. The summed E-state index contributed by atoms with van der Waals surface area (Å²) in [5, 5.41) is 5.73. The molecule has 1 heterocycles. The first kappa shape index (κ1) is 20.4. The molecular formula is C26H25N3O2. The van der Waals surface area contributed by atoms with Crippen molar-refractivity contribution in [1.29, 1.82) is 0 Å². The Morgan fingerprint density at radius 1 is 0.968 bits per heavy atom. The number of nitrogens with zero attached hydrogens (tertiary/aromatic N) is 1. The number of carbonyl (C=O) groups excluding carboxylic acids is 1. The molecule has 0 spiro atoms. The molecule has 4 rings (SSSR count). The van der Waals surface area contributed by atoms with Crippen molar-refractivity contribution in [1.82, 2.24) is 10.3 Å². The summed E-state index contributed by atoms with van der Waals surface area (Å²) in [6.07, 6.45) is 2.47. The molecular weight excluding hydrogens is 386 g/mol. The summed E-state index contributed by atoms with van der Waals surface area (Å²) in [5.74, 6) is 0.550. The maximum atomic E-state index is 12.1. The Balaban J connectivity index is 1.35. The van der Waals surface area contributed by atoms with E-state index in [0.29, 0.717) is 18.1 Å². The lowest BCUT2D eigenvalue weighted by Crippen LogP contribution is -2.30. The van der Waals surface area contributed by atoms with Crippen molar-refractivity contribution in [3.8, 4) is 22.7 Å². The average molecular weight is 412 g/mol. The van der Waals surface area contributed by atoms with Crippen LogP contribution in [0.2, 0.25) is 0 Å². The monoisotopic (exact) mass is 411 g/mol. The number of hydrogen-bond donors (Lipinski definition) is 2. The third-order valence-electron chi connectivity index (χ3n) is 5.09. The number of hydrogen-bond acceptors (Lipinski definition) is 3. The Kier molecular flexibility index (Phi) is 6.13. The number of amides is 2. The van der Waals surface area contributed by atoms with Crippen LogP contribution in [0.1, 0.15) is 16.7 Å². The maximum Gasteiger partial charge on any atom is 0.319 e. The van der Waals surface area contributed by atoms with Crippen LogP contribution < -0.4 is 10.6 Å². The van der Waals surface area contributed by atoms with Gasteiger partial charge in [0.05, 0.1) is 0 Å². The molecule has 4 aromatic rings. The average Bonchev–Trinajstić information content (AvgIpc) is 3.25. The molecule has 3 aromatic carbocycles. The second-order valence-electron chi connectivity index (χ2n) is 7.55. The number of carbonyl (C=O) groups is 1. The van der Waals surface area contributed by atoms with E-state index in [9.17, 15) is 4.79 Å². The van der Waals surface area contributed by atoms with Crippen LogP contribution in [0.5, 0.6) is 0 Å². The van der Waals surface area contributed by atoms with Crippen molar-refractivity contribution in [2.75, 3.05) is 11.9 Å². The molecule has 2 N–H and O–H groups in total. The Bertz CT molecular complexity index is 1160. The van der Waals surface area contributed by atoms with Crippen molar-refractivity contribution in [2.45, 2.75) is 20.3 Å².